The van der Waals surface area contributed by atoms with Crippen molar-refractivity contribution in [3.8, 4) is 0 Å². The number of carbonyl (C=O) groups is 3. The van der Waals surface area contributed by atoms with E-state index >= 15 is 0 Å². The van der Waals surface area contributed by atoms with Crippen molar-refractivity contribution in [1.29, 1.82) is 0 Å². The Bertz CT molecular complexity index is 975. The van der Waals surface area contributed by atoms with E-state index in [1.807, 2.05) is 0 Å². The molecule has 12 heteroatoms. The highest BCUT2D eigenvalue weighted by Crippen LogP contribution is 2.29. The predicted octanol–water partition coefficient (Wildman–Crippen LogP) is 3.44. The van der Waals surface area contributed by atoms with E-state index in [-0.39, 0.29) is 12.1 Å². The summed E-state index contributed by atoms with van der Waals surface area (Å²) in [6.45, 7) is 1.22. The summed E-state index contributed by atoms with van der Waals surface area (Å²) in [6.07, 6.45) is -10.1. The first kappa shape index (κ1) is 25.7. The molecule has 2 atom stereocenters. The first-order valence-corrected chi connectivity index (χ1v) is 9.47. The first-order valence-electron chi connectivity index (χ1n) is 9.47. The fraction of sp³-hybridized carbons (Fsp3) is 0.286. The van der Waals surface area contributed by atoms with Gasteiger partial charge in [0.25, 0.3) is 0 Å². The molecule has 0 bridgehead atoms. The third-order valence-electron chi connectivity index (χ3n) is 4.39. The van der Waals surface area contributed by atoms with Gasteiger partial charge in [-0.3, -0.25) is 14.4 Å². The zero-order chi connectivity index (χ0) is 24.8. The summed E-state index contributed by atoms with van der Waals surface area (Å²) in [5, 5.41) is 6.10. The molecule has 2 rings (SSSR count). The molecule has 0 unspecified atom stereocenters. The Hall–Kier alpha value is -3.57. The quantitative estimate of drug-likeness (QED) is 0.537. The van der Waals surface area contributed by atoms with Crippen molar-refractivity contribution in [2.24, 2.45) is 0 Å². The van der Waals surface area contributed by atoms with Crippen LogP contribution in [0.4, 0.5) is 32.0 Å². The fourth-order valence-corrected chi connectivity index (χ4v) is 2.67. The number of rotatable bonds is 7. The predicted molar refractivity (Wildman–Crippen MR) is 106 cm³/mol. The van der Waals surface area contributed by atoms with Crippen LogP contribution in [0.15, 0.2) is 54.6 Å². The van der Waals surface area contributed by atoms with Gasteiger partial charge in [-0.15, -0.1) is 0 Å². The smallest absolute Gasteiger partial charge is 0.343 e. The molecule has 0 heterocycles. The monoisotopic (exact) mass is 475 g/mol. The van der Waals surface area contributed by atoms with Crippen LogP contribution in [0, 0.1) is 0 Å². The molecule has 3 amide bonds. The summed E-state index contributed by atoms with van der Waals surface area (Å²) in [6, 6.07) is 8.54. The van der Waals surface area contributed by atoms with Gasteiger partial charge in [0.05, 0.1) is 5.56 Å². The van der Waals surface area contributed by atoms with Crippen molar-refractivity contribution in [2.75, 3.05) is 5.32 Å². The molecule has 2 aromatic carbocycles. The van der Waals surface area contributed by atoms with Gasteiger partial charge in [0.1, 0.15) is 12.1 Å². The van der Waals surface area contributed by atoms with Gasteiger partial charge in [-0.05, 0) is 36.8 Å². The Kier molecular flexibility index (Phi) is 8.07. The zero-order valence-corrected chi connectivity index (χ0v) is 17.1. The van der Waals surface area contributed by atoms with Crippen LogP contribution in [0.3, 0.4) is 0 Å². The van der Waals surface area contributed by atoms with Gasteiger partial charge in [-0.2, -0.15) is 26.3 Å². The summed E-state index contributed by atoms with van der Waals surface area (Å²) in [5.41, 5.74) is -0.451. The van der Waals surface area contributed by atoms with Crippen molar-refractivity contribution in [3.05, 3.63) is 65.7 Å². The first-order chi connectivity index (χ1) is 15.3. The Labute approximate surface area is 184 Å². The molecular formula is C21H19F6N3O3. The van der Waals surface area contributed by atoms with E-state index in [4.69, 9.17) is 0 Å². The Morgan fingerprint density at radius 3 is 1.91 bits per heavy atom. The van der Waals surface area contributed by atoms with E-state index in [0.29, 0.717) is 5.56 Å². The van der Waals surface area contributed by atoms with E-state index in [2.05, 4.69) is 10.6 Å². The van der Waals surface area contributed by atoms with Crippen LogP contribution >= 0.6 is 0 Å². The lowest BCUT2D eigenvalue weighted by Crippen LogP contribution is -2.54. The van der Waals surface area contributed by atoms with Crippen molar-refractivity contribution in [3.63, 3.8) is 0 Å². The summed E-state index contributed by atoms with van der Waals surface area (Å²) < 4.78 is 75.8. The highest BCUT2D eigenvalue weighted by Gasteiger charge is 2.41. The molecule has 6 nitrogen and oxygen atoms in total. The largest absolute Gasteiger partial charge is 0.471 e. The van der Waals surface area contributed by atoms with Gasteiger partial charge in [0.2, 0.25) is 11.8 Å². The average molecular weight is 475 g/mol. The molecule has 0 aromatic heterocycles. The van der Waals surface area contributed by atoms with Crippen LogP contribution in [-0.2, 0) is 27.0 Å². The second-order valence-electron chi connectivity index (χ2n) is 7.01. The number of amides is 3. The van der Waals surface area contributed by atoms with Crippen molar-refractivity contribution >= 4 is 23.4 Å². The molecule has 0 fully saturated rings. The van der Waals surface area contributed by atoms with Crippen molar-refractivity contribution < 1.29 is 40.7 Å². The number of halogens is 6. The number of carbonyl (C=O) groups excluding carboxylic acids is 3. The molecule has 2 aromatic rings. The number of hydrogen-bond acceptors (Lipinski definition) is 3. The van der Waals surface area contributed by atoms with E-state index in [9.17, 15) is 40.7 Å². The highest BCUT2D eigenvalue weighted by atomic mass is 19.4. The SMILES string of the molecule is C[C@H](NC(=O)[C@H](Cc1ccccc1)NC(=O)C(F)(F)F)C(=O)Nc1ccc(C(F)(F)F)cc1. The minimum atomic E-state index is -5.22. The topological polar surface area (TPSA) is 87.3 Å². The molecule has 0 aliphatic rings. The lowest BCUT2D eigenvalue weighted by atomic mass is 10.0. The van der Waals surface area contributed by atoms with Gasteiger partial charge < -0.3 is 16.0 Å². The third-order valence-corrected chi connectivity index (χ3v) is 4.39. The number of alkyl halides is 6. The molecule has 0 aliphatic carbocycles. The summed E-state index contributed by atoms with van der Waals surface area (Å²) in [7, 11) is 0. The van der Waals surface area contributed by atoms with Gasteiger partial charge in [0, 0.05) is 12.1 Å². The number of anilines is 1. The van der Waals surface area contributed by atoms with Gasteiger partial charge in [0.15, 0.2) is 0 Å². The van der Waals surface area contributed by atoms with Crippen LogP contribution in [0.1, 0.15) is 18.1 Å². The average Bonchev–Trinajstić information content (AvgIpc) is 2.72. The standard InChI is InChI=1S/C21H19F6N3O3/c1-12(17(31)29-15-9-7-14(8-10-15)20(22,23)24)28-18(32)16(30-19(33)21(25,26)27)11-13-5-3-2-4-6-13/h2-10,12,16H,11H2,1H3,(H,28,32)(H,29,31)(H,30,33)/t12-,16-/m0/s1. The lowest BCUT2D eigenvalue weighted by molar-refractivity contribution is -0.174. The molecule has 0 aliphatic heterocycles. The van der Waals surface area contributed by atoms with Gasteiger partial charge >= 0.3 is 18.3 Å². The second-order valence-corrected chi connectivity index (χ2v) is 7.01. The van der Waals surface area contributed by atoms with E-state index in [0.717, 1.165) is 24.3 Å². The fourth-order valence-electron chi connectivity index (χ4n) is 2.67. The van der Waals surface area contributed by atoms with E-state index in [1.165, 1.54) is 6.92 Å². The molecule has 0 radical (unpaired) electrons. The summed E-state index contributed by atoms with van der Waals surface area (Å²) in [5.74, 6) is -4.20. The zero-order valence-electron chi connectivity index (χ0n) is 17.1. The lowest BCUT2D eigenvalue weighted by Gasteiger charge is -2.22. The number of hydrogen-bond donors (Lipinski definition) is 3. The molecule has 178 valence electrons. The number of benzene rings is 2. The molecule has 0 saturated heterocycles. The summed E-state index contributed by atoms with van der Waals surface area (Å²) >= 11 is 0. The van der Waals surface area contributed by atoms with Crippen LogP contribution < -0.4 is 16.0 Å². The Balaban J connectivity index is 2.06. The van der Waals surface area contributed by atoms with E-state index in [1.54, 1.807) is 35.6 Å². The van der Waals surface area contributed by atoms with Crippen LogP contribution in [0.2, 0.25) is 0 Å². The highest BCUT2D eigenvalue weighted by molar-refractivity contribution is 5.98. The van der Waals surface area contributed by atoms with Crippen molar-refractivity contribution in [2.45, 2.75) is 37.8 Å². The van der Waals surface area contributed by atoms with Gasteiger partial charge in [-0.25, -0.2) is 0 Å². The molecule has 3 N–H and O–H groups in total. The minimum absolute atomic E-state index is 0.0142. The van der Waals surface area contributed by atoms with Crippen LogP contribution in [-0.4, -0.2) is 36.0 Å². The minimum Gasteiger partial charge on any atom is -0.343 e. The maximum Gasteiger partial charge on any atom is 0.471 e. The Morgan fingerprint density at radius 2 is 1.39 bits per heavy atom. The normalized spacial score (nSPS) is 13.5. The maximum absolute atomic E-state index is 12.7. The maximum atomic E-state index is 12.7. The van der Waals surface area contributed by atoms with Crippen molar-refractivity contribution in [1.82, 2.24) is 10.6 Å². The molecule has 33 heavy (non-hydrogen) atoms. The number of nitrogens with one attached hydrogen (secondary N) is 3. The molecule has 0 spiro atoms. The van der Waals surface area contributed by atoms with Gasteiger partial charge in [-0.1, -0.05) is 30.3 Å². The van der Waals surface area contributed by atoms with E-state index < -0.39 is 47.7 Å². The Morgan fingerprint density at radius 1 is 0.818 bits per heavy atom. The van der Waals surface area contributed by atoms with Crippen LogP contribution in [0.25, 0.3) is 0 Å². The second kappa shape index (κ2) is 10.4. The summed E-state index contributed by atoms with van der Waals surface area (Å²) in [4.78, 5) is 36.2. The van der Waals surface area contributed by atoms with Crippen LogP contribution in [0.5, 0.6) is 0 Å². The molecule has 0 saturated carbocycles. The third kappa shape index (κ3) is 7.81. The molecular weight excluding hydrogens is 456 g/mol.